The minimum absolute atomic E-state index is 0.0112. The van der Waals surface area contributed by atoms with E-state index >= 15 is 0 Å². The lowest BCUT2D eigenvalue weighted by Gasteiger charge is -2.49. The average Bonchev–Trinajstić information content (AvgIpc) is 2.90. The fraction of sp³-hybridized carbons (Fsp3) is 0.457. The molecule has 0 bridgehead atoms. The number of rotatable bonds is 9. The molecule has 0 saturated carbocycles. The van der Waals surface area contributed by atoms with Crippen molar-refractivity contribution >= 4 is 45.1 Å². The zero-order chi connectivity index (χ0) is 32.0. The number of carboxylic acids is 1. The summed E-state index contributed by atoms with van der Waals surface area (Å²) < 4.78 is 13.0. The van der Waals surface area contributed by atoms with Crippen LogP contribution in [0.2, 0.25) is 5.02 Å². The molecule has 1 N–H and O–H groups in total. The van der Waals surface area contributed by atoms with Crippen LogP contribution in [0.3, 0.4) is 0 Å². The molecule has 0 radical (unpaired) electrons. The highest BCUT2D eigenvalue weighted by Crippen LogP contribution is 2.55. The fourth-order valence-corrected chi connectivity index (χ4v) is 7.45. The molecule has 7 nitrogen and oxygen atoms in total. The Labute approximate surface area is 272 Å². The minimum atomic E-state index is -0.918. The molecule has 0 amide bonds. The zero-order valence-electron chi connectivity index (χ0n) is 25.9. The third kappa shape index (κ3) is 6.62. The number of ether oxygens (including phenoxy) is 2. The summed E-state index contributed by atoms with van der Waals surface area (Å²) in [6.07, 6.45) is 1.81. The van der Waals surface area contributed by atoms with E-state index in [-0.39, 0.29) is 35.4 Å². The second-order valence-electron chi connectivity index (χ2n) is 13.5. The molecule has 3 aliphatic rings. The summed E-state index contributed by atoms with van der Waals surface area (Å²) in [5, 5.41) is 10.3. The summed E-state index contributed by atoms with van der Waals surface area (Å²) in [6.45, 7) is 11.0. The Bertz CT molecular complexity index is 1520. The van der Waals surface area contributed by atoms with Crippen molar-refractivity contribution in [3.05, 3.63) is 79.6 Å². The first-order chi connectivity index (χ1) is 20.7. The first-order valence-electron chi connectivity index (χ1n) is 15.0. The van der Waals surface area contributed by atoms with Crippen LogP contribution < -0.4 is 9.47 Å². The van der Waals surface area contributed by atoms with Gasteiger partial charge in [-0.3, -0.25) is 14.4 Å². The topological polar surface area (TPSA) is 93.1 Å². The second kappa shape index (κ2) is 12.4. The quantitative estimate of drug-likeness (QED) is 0.284. The first-order valence-corrected chi connectivity index (χ1v) is 16.2. The zero-order valence-corrected chi connectivity index (χ0v) is 28.2. The first kappa shape index (κ1) is 32.3. The molecule has 0 aromatic heterocycles. The van der Waals surface area contributed by atoms with Crippen LogP contribution >= 0.6 is 27.5 Å². The Morgan fingerprint density at radius 1 is 0.955 bits per heavy atom. The number of hydrogen-bond acceptors (Lipinski definition) is 6. The Morgan fingerprint density at radius 2 is 1.52 bits per heavy atom. The number of allylic oxidation sites excluding steroid dienone is 4. The van der Waals surface area contributed by atoms with E-state index in [0.29, 0.717) is 71.0 Å². The molecule has 0 unspecified atom stereocenters. The van der Waals surface area contributed by atoms with Gasteiger partial charge in [0.1, 0.15) is 6.61 Å². The maximum absolute atomic E-state index is 14.1. The van der Waals surface area contributed by atoms with Gasteiger partial charge in [-0.15, -0.1) is 0 Å². The maximum Gasteiger partial charge on any atom is 0.305 e. The van der Waals surface area contributed by atoms with Crippen molar-refractivity contribution in [2.75, 3.05) is 13.2 Å². The second-order valence-corrected chi connectivity index (χ2v) is 14.8. The molecule has 2 aliphatic carbocycles. The number of carbonyl (C=O) groups is 3. The number of nitrogens with zero attached hydrogens (tertiary/aromatic N) is 1. The highest BCUT2D eigenvalue weighted by atomic mass is 79.9. The van der Waals surface area contributed by atoms with Gasteiger partial charge in [0.2, 0.25) is 0 Å². The van der Waals surface area contributed by atoms with Crippen LogP contribution in [-0.2, 0) is 21.0 Å². The molecule has 2 aromatic rings. The molecule has 44 heavy (non-hydrogen) atoms. The molecule has 5 rings (SSSR count). The molecule has 234 valence electrons. The van der Waals surface area contributed by atoms with Gasteiger partial charge in [0.05, 0.1) is 17.5 Å². The molecule has 0 spiro atoms. The van der Waals surface area contributed by atoms with Crippen LogP contribution in [0.1, 0.15) is 83.8 Å². The highest BCUT2D eigenvalue weighted by Gasteiger charge is 2.49. The summed E-state index contributed by atoms with van der Waals surface area (Å²) in [5.41, 5.74) is 3.94. The van der Waals surface area contributed by atoms with Gasteiger partial charge in [-0.2, -0.15) is 0 Å². The van der Waals surface area contributed by atoms with Crippen molar-refractivity contribution < 1.29 is 29.0 Å². The third-order valence-corrected chi connectivity index (χ3v) is 9.37. The lowest BCUT2D eigenvalue weighted by Crippen LogP contribution is -2.45. The van der Waals surface area contributed by atoms with Crippen molar-refractivity contribution in [1.82, 2.24) is 4.90 Å². The van der Waals surface area contributed by atoms with E-state index in [1.165, 1.54) is 0 Å². The maximum atomic E-state index is 14.1. The molecule has 1 aliphatic heterocycles. The Hall–Kier alpha value is -3.10. The molecule has 9 heteroatoms. The van der Waals surface area contributed by atoms with E-state index in [9.17, 15) is 19.5 Å². The van der Waals surface area contributed by atoms with Crippen molar-refractivity contribution in [3.63, 3.8) is 0 Å². The Morgan fingerprint density at radius 3 is 2.05 bits per heavy atom. The van der Waals surface area contributed by atoms with Crippen LogP contribution in [0.5, 0.6) is 11.5 Å². The summed E-state index contributed by atoms with van der Waals surface area (Å²) in [6, 6.07) is 11.2. The van der Waals surface area contributed by atoms with Crippen LogP contribution in [0.4, 0.5) is 0 Å². The Kier molecular flexibility index (Phi) is 9.07. The summed E-state index contributed by atoms with van der Waals surface area (Å²) in [7, 11) is 0. The van der Waals surface area contributed by atoms with Gasteiger partial charge in [0.25, 0.3) is 0 Å². The number of aliphatic carboxylic acids is 1. The number of hydrogen-bond donors (Lipinski definition) is 1. The molecule has 0 fully saturated rings. The third-order valence-electron chi connectivity index (χ3n) is 8.53. The van der Waals surface area contributed by atoms with E-state index in [1.807, 2.05) is 48.2 Å². The monoisotopic (exact) mass is 683 g/mol. The lowest BCUT2D eigenvalue weighted by molar-refractivity contribution is -0.137. The van der Waals surface area contributed by atoms with Gasteiger partial charge in [0, 0.05) is 52.9 Å². The summed E-state index contributed by atoms with van der Waals surface area (Å²) >= 11 is 9.76. The molecule has 2 aromatic carbocycles. The van der Waals surface area contributed by atoms with Gasteiger partial charge in [0.15, 0.2) is 23.1 Å². The molecule has 0 saturated heterocycles. The van der Waals surface area contributed by atoms with Crippen molar-refractivity contribution in [2.24, 2.45) is 10.8 Å². The number of carboxylic acid groups (broad SMARTS) is 1. The molecule has 1 heterocycles. The number of carbonyl (C=O) groups excluding carboxylic acids is 2. The molecule has 0 atom stereocenters. The van der Waals surface area contributed by atoms with Crippen molar-refractivity contribution in [1.29, 1.82) is 0 Å². The average molecular weight is 685 g/mol. The summed E-state index contributed by atoms with van der Waals surface area (Å²) in [4.78, 5) is 41.8. The van der Waals surface area contributed by atoms with Gasteiger partial charge >= 0.3 is 5.97 Å². The number of ketones is 2. The van der Waals surface area contributed by atoms with Crippen LogP contribution in [-0.4, -0.2) is 40.7 Å². The molecular weight excluding hydrogens is 646 g/mol. The van der Waals surface area contributed by atoms with Gasteiger partial charge in [-0.05, 0) is 81.9 Å². The largest absolute Gasteiger partial charge is 0.490 e. The summed E-state index contributed by atoms with van der Waals surface area (Å²) in [5.74, 6) is -0.491. The van der Waals surface area contributed by atoms with Crippen LogP contribution in [0.15, 0.2) is 63.4 Å². The van der Waals surface area contributed by atoms with Gasteiger partial charge < -0.3 is 19.5 Å². The fourth-order valence-electron chi connectivity index (χ4n) is 6.75. The SMILES string of the molecule is CCOc1cc(C2C3=C(CC(C)(C)CC3=O)N(CCC(=O)O)C3=C2C(=O)CC(C)(C)C3)cc(Br)c1OCc1ccc(Cl)cc1. The standard InChI is InChI=1S/C35H39BrClNO6/c1-6-43-28-14-21(13-23(36)33(28)44-19-20-7-9-22(37)10-8-20)30-31-24(15-34(2,3)17-26(31)39)38(12-11-29(41)42)25-16-35(4,5)18-27(40)32(25)30/h7-10,13-14,30H,6,11-12,15-19H2,1-5H3,(H,41,42). The number of Topliss-reactive ketones (excluding diaryl/α,β-unsaturated/α-hetero) is 2. The lowest BCUT2D eigenvalue weighted by atomic mass is 9.63. The predicted molar refractivity (Wildman–Crippen MR) is 173 cm³/mol. The minimum Gasteiger partial charge on any atom is -0.490 e. The highest BCUT2D eigenvalue weighted by molar-refractivity contribution is 9.10. The predicted octanol–water partition coefficient (Wildman–Crippen LogP) is 8.24. The normalized spacial score (nSPS) is 19.6. The van der Waals surface area contributed by atoms with Crippen molar-refractivity contribution in [2.45, 2.75) is 79.2 Å². The van der Waals surface area contributed by atoms with Gasteiger partial charge in [-0.25, -0.2) is 0 Å². The van der Waals surface area contributed by atoms with E-state index < -0.39 is 11.9 Å². The van der Waals surface area contributed by atoms with Crippen molar-refractivity contribution in [3.8, 4) is 11.5 Å². The Balaban J connectivity index is 1.67. The number of halogens is 2. The van der Waals surface area contributed by atoms with Gasteiger partial charge in [-0.1, -0.05) is 51.4 Å². The smallest absolute Gasteiger partial charge is 0.305 e. The van der Waals surface area contributed by atoms with E-state index in [1.54, 1.807) is 0 Å². The van der Waals surface area contributed by atoms with E-state index in [2.05, 4.69) is 43.6 Å². The van der Waals surface area contributed by atoms with Crippen LogP contribution in [0, 0.1) is 10.8 Å². The molecular formula is C35H39BrClNO6. The van der Waals surface area contributed by atoms with Crippen LogP contribution in [0.25, 0.3) is 0 Å². The van der Waals surface area contributed by atoms with E-state index in [4.69, 9.17) is 21.1 Å². The van der Waals surface area contributed by atoms with E-state index in [0.717, 1.165) is 22.5 Å². The number of benzene rings is 2.